The summed E-state index contributed by atoms with van der Waals surface area (Å²) in [6.45, 7) is 1.52. The molecule has 1 aliphatic rings. The number of amides is 1. The molecular weight excluding hydrogens is 250 g/mol. The number of hydrogen-bond acceptors (Lipinski definition) is 4. The van der Waals surface area contributed by atoms with Gasteiger partial charge in [0.2, 0.25) is 0 Å². The van der Waals surface area contributed by atoms with Crippen molar-refractivity contribution in [3.8, 4) is 0 Å². The Balaban J connectivity index is 1.79. The third-order valence-electron chi connectivity index (χ3n) is 2.96. The SMILES string of the molecule is O=C(O)CCn1cc(C(=O)NCC2CCCO2)cn1. The second-order valence-electron chi connectivity index (χ2n) is 4.48. The number of carboxylic acid groups (broad SMARTS) is 1. The Labute approximate surface area is 110 Å². The molecular formula is C12H17N3O4. The van der Waals surface area contributed by atoms with Crippen molar-refractivity contribution in [3.63, 3.8) is 0 Å². The smallest absolute Gasteiger partial charge is 0.305 e. The number of nitrogens with zero attached hydrogens (tertiary/aromatic N) is 2. The van der Waals surface area contributed by atoms with Gasteiger partial charge in [-0.05, 0) is 12.8 Å². The van der Waals surface area contributed by atoms with E-state index in [1.54, 1.807) is 6.20 Å². The number of ether oxygens (including phenoxy) is 1. The Morgan fingerprint density at radius 1 is 1.58 bits per heavy atom. The summed E-state index contributed by atoms with van der Waals surface area (Å²) in [5.74, 6) is -1.10. The molecule has 1 amide bonds. The summed E-state index contributed by atoms with van der Waals surface area (Å²) >= 11 is 0. The molecule has 0 saturated carbocycles. The maximum absolute atomic E-state index is 11.8. The number of carboxylic acids is 1. The number of rotatable bonds is 6. The van der Waals surface area contributed by atoms with Gasteiger partial charge in [-0.15, -0.1) is 0 Å². The molecule has 0 aromatic carbocycles. The van der Waals surface area contributed by atoms with Crippen LogP contribution in [0.2, 0.25) is 0 Å². The molecule has 1 saturated heterocycles. The molecule has 2 heterocycles. The molecule has 1 aromatic rings. The van der Waals surface area contributed by atoms with Crippen LogP contribution < -0.4 is 5.32 Å². The second kappa shape index (κ2) is 6.33. The summed E-state index contributed by atoms with van der Waals surface area (Å²) in [5, 5.41) is 15.3. The molecule has 1 aliphatic heterocycles. The number of aryl methyl sites for hydroxylation is 1. The van der Waals surface area contributed by atoms with Gasteiger partial charge < -0.3 is 15.2 Å². The summed E-state index contributed by atoms with van der Waals surface area (Å²) < 4.78 is 6.86. The van der Waals surface area contributed by atoms with Gasteiger partial charge in [0.25, 0.3) is 5.91 Å². The highest BCUT2D eigenvalue weighted by Crippen LogP contribution is 2.10. The number of carbonyl (C=O) groups excluding carboxylic acids is 1. The molecule has 0 bridgehead atoms. The van der Waals surface area contributed by atoms with Crippen LogP contribution in [0.4, 0.5) is 0 Å². The molecule has 7 nitrogen and oxygen atoms in total. The fraction of sp³-hybridized carbons (Fsp3) is 0.583. The van der Waals surface area contributed by atoms with Crippen molar-refractivity contribution in [1.82, 2.24) is 15.1 Å². The van der Waals surface area contributed by atoms with Gasteiger partial charge in [0.15, 0.2) is 0 Å². The summed E-state index contributed by atoms with van der Waals surface area (Å²) in [7, 11) is 0. The van der Waals surface area contributed by atoms with Gasteiger partial charge in [0.1, 0.15) is 0 Å². The van der Waals surface area contributed by atoms with E-state index in [0.29, 0.717) is 12.1 Å². The van der Waals surface area contributed by atoms with Crippen LogP contribution in [0.1, 0.15) is 29.6 Å². The summed E-state index contributed by atoms with van der Waals surface area (Å²) in [6.07, 6.45) is 5.08. The third kappa shape index (κ3) is 4.06. The van der Waals surface area contributed by atoms with Crippen LogP contribution >= 0.6 is 0 Å². The predicted octanol–water partition coefficient (Wildman–Crippen LogP) is 0.267. The fourth-order valence-corrected chi connectivity index (χ4v) is 1.93. The van der Waals surface area contributed by atoms with Crippen LogP contribution in [-0.4, -0.2) is 46.0 Å². The second-order valence-corrected chi connectivity index (χ2v) is 4.48. The van der Waals surface area contributed by atoms with Crippen LogP contribution in [-0.2, 0) is 16.1 Å². The average Bonchev–Trinajstić information content (AvgIpc) is 3.04. The molecule has 104 valence electrons. The third-order valence-corrected chi connectivity index (χ3v) is 2.96. The van der Waals surface area contributed by atoms with Gasteiger partial charge in [0, 0.05) is 19.3 Å². The number of carbonyl (C=O) groups is 2. The van der Waals surface area contributed by atoms with Crippen LogP contribution in [0.5, 0.6) is 0 Å². The maximum atomic E-state index is 11.8. The number of aliphatic carboxylic acids is 1. The van der Waals surface area contributed by atoms with Gasteiger partial charge in [-0.1, -0.05) is 0 Å². The van der Waals surface area contributed by atoms with E-state index in [-0.39, 0.29) is 25.0 Å². The standard InChI is InChI=1S/C12H17N3O4/c16-11(17)3-4-15-8-9(6-14-15)12(18)13-7-10-2-1-5-19-10/h6,8,10H,1-5,7H2,(H,13,18)(H,16,17). The Morgan fingerprint density at radius 3 is 3.11 bits per heavy atom. The first-order chi connectivity index (χ1) is 9.15. The summed E-state index contributed by atoms with van der Waals surface area (Å²) in [5.41, 5.74) is 0.434. The first-order valence-corrected chi connectivity index (χ1v) is 6.29. The highest BCUT2D eigenvalue weighted by molar-refractivity contribution is 5.93. The molecule has 2 rings (SSSR count). The highest BCUT2D eigenvalue weighted by Gasteiger charge is 2.17. The van der Waals surface area contributed by atoms with Crippen LogP contribution in [0.25, 0.3) is 0 Å². The minimum absolute atomic E-state index is 0.0152. The van der Waals surface area contributed by atoms with Crippen molar-refractivity contribution >= 4 is 11.9 Å². The van der Waals surface area contributed by atoms with E-state index < -0.39 is 5.97 Å². The van der Waals surface area contributed by atoms with Crippen LogP contribution in [0, 0.1) is 0 Å². The van der Waals surface area contributed by atoms with Gasteiger partial charge in [-0.3, -0.25) is 14.3 Å². The lowest BCUT2D eigenvalue weighted by atomic mass is 10.2. The molecule has 0 spiro atoms. The largest absolute Gasteiger partial charge is 0.481 e. The van der Waals surface area contributed by atoms with Crippen molar-refractivity contribution in [3.05, 3.63) is 18.0 Å². The quantitative estimate of drug-likeness (QED) is 0.771. The first kappa shape index (κ1) is 13.5. The summed E-state index contributed by atoms with van der Waals surface area (Å²) in [4.78, 5) is 22.2. The van der Waals surface area contributed by atoms with E-state index in [4.69, 9.17) is 9.84 Å². The zero-order valence-electron chi connectivity index (χ0n) is 10.5. The molecule has 1 aromatic heterocycles. The van der Waals surface area contributed by atoms with Crippen molar-refractivity contribution in [2.75, 3.05) is 13.2 Å². The zero-order chi connectivity index (χ0) is 13.7. The number of nitrogens with one attached hydrogen (secondary N) is 1. The van der Waals surface area contributed by atoms with Crippen molar-refractivity contribution < 1.29 is 19.4 Å². The Kier molecular flexibility index (Phi) is 4.51. The zero-order valence-corrected chi connectivity index (χ0v) is 10.5. The lowest BCUT2D eigenvalue weighted by Crippen LogP contribution is -2.31. The minimum atomic E-state index is -0.889. The maximum Gasteiger partial charge on any atom is 0.305 e. The molecule has 2 N–H and O–H groups in total. The topological polar surface area (TPSA) is 93.5 Å². The van der Waals surface area contributed by atoms with Gasteiger partial charge >= 0.3 is 5.97 Å². The van der Waals surface area contributed by atoms with Gasteiger partial charge in [-0.2, -0.15) is 5.10 Å². The summed E-state index contributed by atoms with van der Waals surface area (Å²) in [6, 6.07) is 0. The van der Waals surface area contributed by atoms with Crippen molar-refractivity contribution in [2.45, 2.75) is 31.9 Å². The average molecular weight is 267 g/mol. The molecule has 1 unspecified atom stereocenters. The molecule has 7 heteroatoms. The Bertz CT molecular complexity index is 452. The lowest BCUT2D eigenvalue weighted by Gasteiger charge is -2.09. The number of aromatic nitrogens is 2. The molecule has 0 radical (unpaired) electrons. The molecule has 1 atom stereocenters. The van der Waals surface area contributed by atoms with Gasteiger partial charge in [-0.25, -0.2) is 0 Å². The van der Waals surface area contributed by atoms with E-state index in [1.165, 1.54) is 10.9 Å². The van der Waals surface area contributed by atoms with E-state index in [0.717, 1.165) is 19.4 Å². The van der Waals surface area contributed by atoms with Crippen LogP contribution in [0.15, 0.2) is 12.4 Å². The monoisotopic (exact) mass is 267 g/mol. The highest BCUT2D eigenvalue weighted by atomic mass is 16.5. The van der Waals surface area contributed by atoms with Gasteiger partial charge in [0.05, 0.1) is 30.8 Å². The number of hydrogen-bond donors (Lipinski definition) is 2. The normalized spacial score (nSPS) is 18.4. The minimum Gasteiger partial charge on any atom is -0.481 e. The fourth-order valence-electron chi connectivity index (χ4n) is 1.93. The molecule has 0 aliphatic carbocycles. The molecule has 1 fully saturated rings. The lowest BCUT2D eigenvalue weighted by molar-refractivity contribution is -0.137. The van der Waals surface area contributed by atoms with E-state index in [9.17, 15) is 9.59 Å². The molecule has 19 heavy (non-hydrogen) atoms. The van der Waals surface area contributed by atoms with Crippen LogP contribution in [0.3, 0.4) is 0 Å². The first-order valence-electron chi connectivity index (χ1n) is 6.29. The van der Waals surface area contributed by atoms with E-state index >= 15 is 0 Å². The predicted molar refractivity (Wildman–Crippen MR) is 65.8 cm³/mol. The van der Waals surface area contributed by atoms with Crippen molar-refractivity contribution in [2.24, 2.45) is 0 Å². The van der Waals surface area contributed by atoms with E-state index in [1.807, 2.05) is 0 Å². The Morgan fingerprint density at radius 2 is 2.42 bits per heavy atom. The van der Waals surface area contributed by atoms with E-state index in [2.05, 4.69) is 10.4 Å². The Hall–Kier alpha value is -1.89. The van der Waals surface area contributed by atoms with Crippen molar-refractivity contribution in [1.29, 1.82) is 0 Å².